The lowest BCUT2D eigenvalue weighted by Crippen LogP contribution is -2.57. The molecule has 0 bridgehead atoms. The predicted molar refractivity (Wildman–Crippen MR) is 84.2 cm³/mol. The Morgan fingerprint density at radius 1 is 1.32 bits per heavy atom. The summed E-state index contributed by atoms with van der Waals surface area (Å²) in [5, 5.41) is 17.4. The lowest BCUT2D eigenvalue weighted by molar-refractivity contribution is -0.157. The summed E-state index contributed by atoms with van der Waals surface area (Å²) in [4.78, 5) is 14.1. The topological polar surface area (TPSA) is 78.6 Å². The van der Waals surface area contributed by atoms with E-state index in [1.807, 2.05) is 0 Å². The summed E-state index contributed by atoms with van der Waals surface area (Å²) in [6.45, 7) is 1.04. The number of hydrogen-bond acceptors (Lipinski definition) is 5. The molecule has 6 nitrogen and oxygen atoms in total. The van der Waals surface area contributed by atoms with Crippen LogP contribution in [-0.4, -0.2) is 39.8 Å². The van der Waals surface area contributed by atoms with Crippen molar-refractivity contribution in [2.45, 2.75) is 31.5 Å². The molecule has 1 unspecified atom stereocenters. The van der Waals surface area contributed by atoms with E-state index in [0.717, 1.165) is 12.1 Å². The SMILES string of the molecule is O=C1N(Cc2ccc(F)c(F)c2)CCCC1(O)CNCc1ccon1. The van der Waals surface area contributed by atoms with Crippen LogP contribution in [0.4, 0.5) is 8.78 Å². The average molecular weight is 351 g/mol. The molecule has 0 aliphatic carbocycles. The van der Waals surface area contributed by atoms with Gasteiger partial charge in [0.25, 0.3) is 5.91 Å². The third kappa shape index (κ3) is 4.02. The van der Waals surface area contributed by atoms with E-state index in [9.17, 15) is 18.7 Å². The maximum Gasteiger partial charge on any atom is 0.256 e. The summed E-state index contributed by atoms with van der Waals surface area (Å²) in [6, 6.07) is 5.22. The minimum atomic E-state index is -1.53. The van der Waals surface area contributed by atoms with Gasteiger partial charge in [0, 0.05) is 32.2 Å². The van der Waals surface area contributed by atoms with Gasteiger partial charge in [0.2, 0.25) is 0 Å². The molecule has 1 saturated heterocycles. The molecule has 3 rings (SSSR count). The number of benzene rings is 1. The lowest BCUT2D eigenvalue weighted by atomic mass is 9.91. The van der Waals surface area contributed by atoms with Gasteiger partial charge in [-0.05, 0) is 30.5 Å². The fourth-order valence-corrected chi connectivity index (χ4v) is 2.96. The molecule has 8 heteroatoms. The molecule has 134 valence electrons. The number of carbonyl (C=O) groups excluding carboxylic acids is 1. The number of piperidine rings is 1. The number of likely N-dealkylation sites (tertiary alicyclic amines) is 1. The van der Waals surface area contributed by atoms with Gasteiger partial charge < -0.3 is 19.8 Å². The molecular weight excluding hydrogens is 332 g/mol. The van der Waals surface area contributed by atoms with Gasteiger partial charge in [0.15, 0.2) is 17.2 Å². The van der Waals surface area contributed by atoms with Gasteiger partial charge in [-0.2, -0.15) is 0 Å². The highest BCUT2D eigenvalue weighted by Gasteiger charge is 2.41. The first-order chi connectivity index (χ1) is 12.0. The van der Waals surface area contributed by atoms with Crippen LogP contribution < -0.4 is 5.32 Å². The standard InChI is InChI=1S/C17H19F2N3O3/c18-14-3-2-12(8-15(14)19)10-22-6-1-5-17(24,16(22)23)11-20-9-13-4-7-25-21-13/h2-4,7-8,20,24H,1,5-6,9-11H2. The lowest BCUT2D eigenvalue weighted by Gasteiger charge is -2.38. The number of nitrogens with one attached hydrogen (secondary N) is 1. The summed E-state index contributed by atoms with van der Waals surface area (Å²) >= 11 is 0. The molecule has 0 spiro atoms. The molecule has 1 aliphatic heterocycles. The first-order valence-electron chi connectivity index (χ1n) is 8.04. The number of aliphatic hydroxyl groups is 1. The van der Waals surface area contributed by atoms with Gasteiger partial charge in [-0.25, -0.2) is 8.78 Å². The Hall–Kier alpha value is -2.32. The fraction of sp³-hybridized carbons (Fsp3) is 0.412. The van der Waals surface area contributed by atoms with Gasteiger partial charge in [-0.1, -0.05) is 11.2 Å². The van der Waals surface area contributed by atoms with E-state index < -0.39 is 23.1 Å². The number of aromatic nitrogens is 1. The second-order valence-electron chi connectivity index (χ2n) is 6.20. The normalized spacial score (nSPS) is 20.9. The summed E-state index contributed by atoms with van der Waals surface area (Å²) in [5.41, 5.74) is -0.377. The van der Waals surface area contributed by atoms with E-state index in [2.05, 4.69) is 10.5 Å². The molecular formula is C17H19F2N3O3. The Labute approximate surface area is 143 Å². The molecule has 1 atom stereocenters. The zero-order valence-electron chi connectivity index (χ0n) is 13.5. The largest absolute Gasteiger partial charge is 0.379 e. The van der Waals surface area contributed by atoms with Crippen LogP contribution in [0.25, 0.3) is 0 Å². The molecule has 1 aliphatic rings. The first kappa shape index (κ1) is 17.5. The fourth-order valence-electron chi connectivity index (χ4n) is 2.96. The van der Waals surface area contributed by atoms with E-state index in [1.54, 1.807) is 6.07 Å². The van der Waals surface area contributed by atoms with Crippen molar-refractivity contribution in [1.29, 1.82) is 0 Å². The minimum Gasteiger partial charge on any atom is -0.379 e. The van der Waals surface area contributed by atoms with Crippen LogP contribution in [-0.2, 0) is 17.9 Å². The van der Waals surface area contributed by atoms with Gasteiger partial charge in [0.1, 0.15) is 6.26 Å². The molecule has 0 radical (unpaired) electrons. The van der Waals surface area contributed by atoms with Crippen molar-refractivity contribution in [3.8, 4) is 0 Å². The second kappa shape index (κ2) is 7.28. The van der Waals surface area contributed by atoms with E-state index >= 15 is 0 Å². The quantitative estimate of drug-likeness (QED) is 0.826. The molecule has 25 heavy (non-hydrogen) atoms. The highest BCUT2D eigenvalue weighted by Crippen LogP contribution is 2.24. The summed E-state index contributed by atoms with van der Waals surface area (Å²) in [5.74, 6) is -2.30. The maximum atomic E-state index is 13.3. The first-order valence-corrected chi connectivity index (χ1v) is 8.04. The monoisotopic (exact) mass is 351 g/mol. The van der Waals surface area contributed by atoms with Crippen molar-refractivity contribution in [3.05, 3.63) is 53.4 Å². The van der Waals surface area contributed by atoms with Gasteiger partial charge in [-0.15, -0.1) is 0 Å². The average Bonchev–Trinajstić information content (AvgIpc) is 3.09. The third-order valence-electron chi connectivity index (χ3n) is 4.28. The Kier molecular flexibility index (Phi) is 5.10. The van der Waals surface area contributed by atoms with Gasteiger partial charge in [0.05, 0.1) is 5.69 Å². The van der Waals surface area contributed by atoms with Crippen LogP contribution >= 0.6 is 0 Å². The van der Waals surface area contributed by atoms with Gasteiger partial charge in [-0.3, -0.25) is 4.79 Å². The number of rotatable bonds is 6. The molecule has 2 aromatic rings. The predicted octanol–water partition coefficient (Wildman–Crippen LogP) is 1.60. The number of halogens is 2. The molecule has 2 heterocycles. The van der Waals surface area contributed by atoms with Crippen molar-refractivity contribution in [1.82, 2.24) is 15.4 Å². The van der Waals surface area contributed by atoms with Crippen LogP contribution in [0.5, 0.6) is 0 Å². The zero-order chi connectivity index (χ0) is 17.9. The highest BCUT2D eigenvalue weighted by atomic mass is 19.2. The zero-order valence-corrected chi connectivity index (χ0v) is 13.5. The minimum absolute atomic E-state index is 0.0764. The Morgan fingerprint density at radius 2 is 2.16 bits per heavy atom. The Bertz CT molecular complexity index is 739. The maximum absolute atomic E-state index is 13.3. The molecule has 1 amide bonds. The highest BCUT2D eigenvalue weighted by molar-refractivity contribution is 5.86. The number of amides is 1. The van der Waals surface area contributed by atoms with Crippen molar-refractivity contribution >= 4 is 5.91 Å². The molecule has 1 fully saturated rings. The Balaban J connectivity index is 1.61. The van der Waals surface area contributed by atoms with E-state index in [0.29, 0.717) is 37.2 Å². The molecule has 1 aromatic heterocycles. The molecule has 1 aromatic carbocycles. The molecule has 2 N–H and O–H groups in total. The summed E-state index contributed by atoms with van der Waals surface area (Å²) < 4.78 is 31.1. The molecule has 0 saturated carbocycles. The van der Waals surface area contributed by atoms with Crippen molar-refractivity contribution in [3.63, 3.8) is 0 Å². The van der Waals surface area contributed by atoms with E-state index in [1.165, 1.54) is 17.2 Å². The van der Waals surface area contributed by atoms with Crippen molar-refractivity contribution < 1.29 is 23.2 Å². The van der Waals surface area contributed by atoms with Crippen LogP contribution in [0.2, 0.25) is 0 Å². The third-order valence-corrected chi connectivity index (χ3v) is 4.28. The van der Waals surface area contributed by atoms with Crippen molar-refractivity contribution in [2.24, 2.45) is 0 Å². The second-order valence-corrected chi connectivity index (χ2v) is 6.20. The van der Waals surface area contributed by atoms with Gasteiger partial charge >= 0.3 is 0 Å². The van der Waals surface area contributed by atoms with Crippen LogP contribution in [0.1, 0.15) is 24.1 Å². The number of hydrogen-bond donors (Lipinski definition) is 2. The smallest absolute Gasteiger partial charge is 0.256 e. The van der Waals surface area contributed by atoms with Crippen LogP contribution in [0, 0.1) is 11.6 Å². The number of nitrogens with zero attached hydrogens (tertiary/aromatic N) is 2. The van der Waals surface area contributed by atoms with E-state index in [-0.39, 0.29) is 13.1 Å². The van der Waals surface area contributed by atoms with Crippen LogP contribution in [0.15, 0.2) is 35.1 Å². The van der Waals surface area contributed by atoms with E-state index in [4.69, 9.17) is 4.52 Å². The van der Waals surface area contributed by atoms with Crippen molar-refractivity contribution in [2.75, 3.05) is 13.1 Å². The number of carbonyl (C=O) groups is 1. The summed E-state index contributed by atoms with van der Waals surface area (Å²) in [7, 11) is 0. The Morgan fingerprint density at radius 3 is 2.88 bits per heavy atom. The van der Waals surface area contributed by atoms with Crippen LogP contribution in [0.3, 0.4) is 0 Å². The summed E-state index contributed by atoms with van der Waals surface area (Å²) in [6.07, 6.45) is 2.41.